The molecule has 0 spiro atoms. The number of aliphatic hydroxyl groups is 4. The summed E-state index contributed by atoms with van der Waals surface area (Å²) in [5.41, 5.74) is 0.690. The SMILES string of the molecule is CC(=O)NC1C(O)OC(CO)C(OC(=O)c2ccccc2)C1OC(C)C(=O)N[C@@H](C)C(=O)C[C@@H](CCC(=O)NC(CCCCNC(=O)CC(=O)O[C@@H](C(=O)O[C@H]1C[C@@]2(O)[C@@H](OC(=O)c3ccccc3)[C@@H]3[C@]4(C)CO[C@@H]4C[C@H](O)[C@@]3(C)C(=O)[C@H](C)C(=C1C)C2(C)C)[C@@H](NC(=O)c1ccccc1)c1ccccc1)C(=O)O)C(N)=O. The number of Topliss-reactive ketones (excluding diaryl/α,β-unsaturated/α-hetero) is 2. The lowest BCUT2D eigenvalue weighted by Gasteiger charge is -2.68. The molecule has 7 unspecified atom stereocenters. The summed E-state index contributed by atoms with van der Waals surface area (Å²) >= 11 is 0. The molecule has 604 valence electrons. The van der Waals surface area contributed by atoms with Crippen molar-refractivity contribution in [2.45, 2.75) is 211 Å². The average Bonchev–Trinajstić information content (AvgIpc) is 0.672. The Morgan fingerprint density at radius 2 is 1.32 bits per heavy atom. The van der Waals surface area contributed by atoms with Crippen molar-refractivity contribution in [2.75, 3.05) is 19.8 Å². The highest BCUT2D eigenvalue weighted by atomic mass is 16.7. The Bertz CT molecular complexity index is 4170. The van der Waals surface area contributed by atoms with Crippen molar-refractivity contribution >= 4 is 76.9 Å². The Labute approximate surface area is 647 Å². The molecule has 0 aromatic heterocycles. The van der Waals surface area contributed by atoms with E-state index in [1.807, 2.05) is 6.92 Å². The van der Waals surface area contributed by atoms with Crippen LogP contribution >= 0.6 is 0 Å². The fraction of sp³-hybridized carbons (Fsp3) is 0.519. The third-order valence-electron chi connectivity index (χ3n) is 22.7. The van der Waals surface area contributed by atoms with Gasteiger partial charge >= 0.3 is 29.8 Å². The molecule has 2 heterocycles. The molecule has 2 saturated heterocycles. The molecule has 31 heteroatoms. The molecule has 2 bridgehead atoms. The van der Waals surface area contributed by atoms with Crippen LogP contribution in [0.2, 0.25) is 0 Å². The highest BCUT2D eigenvalue weighted by Gasteiger charge is 2.75. The average molecular weight is 1560 g/mol. The maximum Gasteiger partial charge on any atom is 0.350 e. The topological polar surface area (TPSA) is 474 Å². The minimum atomic E-state index is -2.21. The number of carbonyl (C=O) groups is 13. The lowest BCUT2D eigenvalue weighted by Crippen LogP contribution is -2.77. The van der Waals surface area contributed by atoms with Crippen molar-refractivity contribution < 1.29 is 121 Å². The fourth-order valence-corrected chi connectivity index (χ4v) is 16.5. The number of carbonyl (C=O) groups excluding carboxylic acids is 12. The maximum atomic E-state index is 15.6. The van der Waals surface area contributed by atoms with Gasteiger partial charge in [0.2, 0.25) is 35.6 Å². The monoisotopic (exact) mass is 1560 g/mol. The Morgan fingerprint density at radius 1 is 0.732 bits per heavy atom. The molecule has 4 fully saturated rings. The molecule has 20 atom stereocenters. The van der Waals surface area contributed by atoms with Crippen molar-refractivity contribution in [3.63, 3.8) is 0 Å². The molecule has 3 aliphatic carbocycles. The number of fused-ring (bicyclic) bond motifs is 5. The quantitative estimate of drug-likeness (QED) is 0.0107. The van der Waals surface area contributed by atoms with Crippen molar-refractivity contribution in [2.24, 2.45) is 39.7 Å². The van der Waals surface area contributed by atoms with Crippen molar-refractivity contribution in [1.29, 1.82) is 0 Å². The van der Waals surface area contributed by atoms with Crippen LogP contribution in [0.25, 0.3) is 0 Å². The maximum absolute atomic E-state index is 15.6. The van der Waals surface area contributed by atoms with Crippen LogP contribution in [0, 0.1) is 34.0 Å². The molecular weight excluding hydrogens is 1460 g/mol. The molecule has 2 aliphatic heterocycles. The number of unbranched alkanes of at least 4 members (excludes halogenated alkanes) is 1. The second-order valence-corrected chi connectivity index (χ2v) is 30.5. The molecule has 5 aliphatic rings. The van der Waals surface area contributed by atoms with E-state index < -0.39 is 234 Å². The van der Waals surface area contributed by atoms with E-state index in [1.165, 1.54) is 50.2 Å². The standard InChI is InChI=1S/C81H100N6O25/c1-42-54(39-81(105)69(112-75(102)50-30-20-13-21-31-50)67-79(8)41-106-57(79)37-56(91)80(67,9)68(95)43(2)61(42)78(81,6)7)108-77(104)66(62(47-24-14-10-15-25-47)87-72(98)48-26-16-11-17-27-48)110-60(94)38-59(93)83-35-23-22-32-52(73(99)100)86-58(92)34-33-51(70(82)96)36-53(90)44(3)84-71(97)45(4)107-65-63(85-46(5)89)76(103)109-55(40-88)64(65)111-74(101)49-28-18-12-19-29-49/h10-21,24-31,43-45,51-52,54-57,62-67,69,76,88,91,103,105H,22-23,32-41H2,1-9H3,(H2,82,96)(H,83,93)(H,84,97)(H,85,89)(H,86,92)(H,87,98)(H,99,100)/t43-,44+,45?,51-,52?,54+,55?,56+,57-,62+,63?,64?,65?,66-,67-,69+,76?,79-,80-,81-/m1/s1. The lowest BCUT2D eigenvalue weighted by atomic mass is 9.41. The summed E-state index contributed by atoms with van der Waals surface area (Å²) < 4.78 is 42.2. The number of rotatable bonds is 33. The van der Waals surface area contributed by atoms with Crippen molar-refractivity contribution in [1.82, 2.24) is 26.6 Å². The number of nitrogens with one attached hydrogen (secondary N) is 5. The fourth-order valence-electron chi connectivity index (χ4n) is 16.5. The first-order valence-corrected chi connectivity index (χ1v) is 37.4. The minimum Gasteiger partial charge on any atom is -0.480 e. The molecule has 4 aromatic rings. The van der Waals surface area contributed by atoms with E-state index in [0.29, 0.717) is 11.1 Å². The van der Waals surface area contributed by atoms with Crippen LogP contribution in [0.1, 0.15) is 163 Å². The zero-order valence-corrected chi connectivity index (χ0v) is 63.8. The number of carboxylic acid groups (broad SMARTS) is 1. The lowest BCUT2D eigenvalue weighted by molar-refractivity contribution is -0.312. The number of benzene rings is 4. The van der Waals surface area contributed by atoms with E-state index in [4.69, 9.17) is 38.9 Å². The van der Waals surface area contributed by atoms with Crippen LogP contribution in [-0.2, 0) is 81.1 Å². The largest absolute Gasteiger partial charge is 0.480 e. The number of ether oxygens (including phenoxy) is 7. The Morgan fingerprint density at radius 3 is 1.88 bits per heavy atom. The summed E-state index contributed by atoms with van der Waals surface area (Å²) in [6.45, 7) is 13.0. The van der Waals surface area contributed by atoms with E-state index >= 15 is 9.59 Å². The minimum absolute atomic E-state index is 0.0716. The summed E-state index contributed by atoms with van der Waals surface area (Å²) in [6, 6.07) is 25.8. The van der Waals surface area contributed by atoms with E-state index in [1.54, 1.807) is 120 Å². The predicted molar refractivity (Wildman–Crippen MR) is 395 cm³/mol. The number of hydrogen-bond donors (Lipinski definition) is 11. The molecule has 12 N–H and O–H groups in total. The second-order valence-electron chi connectivity index (χ2n) is 30.5. The summed E-state index contributed by atoms with van der Waals surface area (Å²) in [4.78, 5) is 179. The van der Waals surface area contributed by atoms with Crippen LogP contribution in [0.5, 0.6) is 0 Å². The number of ketones is 2. The summed E-state index contributed by atoms with van der Waals surface area (Å²) in [6.07, 6.45) is -17.6. The Hall–Kier alpha value is -10.2. The smallest absolute Gasteiger partial charge is 0.350 e. The predicted octanol–water partition coefficient (Wildman–Crippen LogP) is 3.50. The summed E-state index contributed by atoms with van der Waals surface area (Å²) in [5, 5.41) is 69.9. The molecule has 31 nitrogen and oxygen atoms in total. The summed E-state index contributed by atoms with van der Waals surface area (Å²) in [7, 11) is 0. The van der Waals surface area contributed by atoms with Gasteiger partial charge in [-0.1, -0.05) is 113 Å². The van der Waals surface area contributed by atoms with Crippen molar-refractivity contribution in [3.8, 4) is 0 Å². The van der Waals surface area contributed by atoms with E-state index in [-0.39, 0.29) is 67.5 Å². The van der Waals surface area contributed by atoms with Gasteiger partial charge in [-0.25, -0.2) is 19.2 Å². The molecular formula is C81H100N6O25. The van der Waals surface area contributed by atoms with Gasteiger partial charge in [0.25, 0.3) is 5.91 Å². The first-order valence-electron chi connectivity index (χ1n) is 37.4. The molecule has 2 saturated carbocycles. The number of esters is 4. The number of aliphatic carboxylic acids is 1. The third kappa shape index (κ3) is 19.0. The molecule has 4 aromatic carbocycles. The van der Waals surface area contributed by atoms with Crippen LogP contribution in [0.15, 0.2) is 132 Å². The van der Waals surface area contributed by atoms with Gasteiger partial charge in [-0.2, -0.15) is 0 Å². The number of hydrogen-bond acceptors (Lipinski definition) is 24. The Balaban J connectivity index is 0.828. The van der Waals surface area contributed by atoms with E-state index in [2.05, 4.69) is 26.6 Å². The van der Waals surface area contributed by atoms with Gasteiger partial charge in [0.1, 0.15) is 66.5 Å². The van der Waals surface area contributed by atoms with Gasteiger partial charge in [0.15, 0.2) is 18.2 Å². The van der Waals surface area contributed by atoms with Gasteiger partial charge in [0, 0.05) is 73.3 Å². The van der Waals surface area contributed by atoms with Crippen LogP contribution in [-0.4, -0.2) is 207 Å². The Kier molecular flexibility index (Phi) is 28.0. The van der Waals surface area contributed by atoms with Crippen LogP contribution in [0.4, 0.5) is 0 Å². The van der Waals surface area contributed by atoms with Gasteiger partial charge in [-0.05, 0) is 106 Å². The zero-order chi connectivity index (χ0) is 81.9. The van der Waals surface area contributed by atoms with E-state index in [9.17, 15) is 78.3 Å². The third-order valence-corrected chi connectivity index (χ3v) is 22.7. The first kappa shape index (κ1) is 85.8. The highest BCUT2D eigenvalue weighted by Crippen LogP contribution is 2.66. The highest BCUT2D eigenvalue weighted by molar-refractivity contribution is 5.98. The molecule has 0 radical (unpaired) electrons. The van der Waals surface area contributed by atoms with Gasteiger partial charge < -0.3 is 91.0 Å². The number of amides is 6. The molecule has 6 amide bonds. The zero-order valence-electron chi connectivity index (χ0n) is 63.8. The van der Waals surface area contributed by atoms with Gasteiger partial charge in [-0.3, -0.25) is 43.2 Å². The number of carboxylic acids is 1. The second kappa shape index (κ2) is 36.6. The number of nitrogens with two attached hydrogens (primary N) is 1. The normalized spacial score (nSPS) is 27.9. The van der Waals surface area contributed by atoms with Crippen LogP contribution < -0.4 is 32.3 Å². The molecule has 112 heavy (non-hydrogen) atoms. The molecule has 9 rings (SSSR count). The van der Waals surface area contributed by atoms with Gasteiger partial charge in [0.05, 0.1) is 48.0 Å². The van der Waals surface area contributed by atoms with E-state index in [0.717, 1.165) is 6.92 Å². The first-order chi connectivity index (χ1) is 53.0. The van der Waals surface area contributed by atoms with Crippen molar-refractivity contribution in [3.05, 3.63) is 155 Å². The number of aliphatic hydroxyl groups excluding tert-OH is 3. The van der Waals surface area contributed by atoms with Crippen LogP contribution in [0.3, 0.4) is 0 Å². The summed E-state index contributed by atoms with van der Waals surface area (Å²) in [5.74, 6) is -15.3. The van der Waals surface area contributed by atoms with Gasteiger partial charge in [-0.15, -0.1) is 0 Å². The number of primary amides is 1.